The Kier molecular flexibility index (Phi) is 5.45. The maximum atomic E-state index is 12.1. The molecular weight excluding hydrogens is 392 g/mol. The maximum Gasteiger partial charge on any atom is 0.312 e. The van der Waals surface area contributed by atoms with Gasteiger partial charge in [0.25, 0.3) is 5.91 Å². The summed E-state index contributed by atoms with van der Waals surface area (Å²) < 4.78 is 5.08. The van der Waals surface area contributed by atoms with Gasteiger partial charge < -0.3 is 10.1 Å². The maximum absolute atomic E-state index is 12.1. The molecule has 0 saturated carbocycles. The first-order valence-corrected chi connectivity index (χ1v) is 10.4. The lowest BCUT2D eigenvalue weighted by atomic mass is 10.1. The van der Waals surface area contributed by atoms with Gasteiger partial charge >= 0.3 is 5.97 Å². The molecule has 28 heavy (non-hydrogen) atoms. The molecule has 2 heterocycles. The number of hydrogen-bond acceptors (Lipinski definition) is 6. The SMILES string of the molecule is O=C(COC(=O)Cc1csc(-c2ccsc2)n1)Nc1ccc2ccccc2c1. The molecule has 1 amide bonds. The van der Waals surface area contributed by atoms with Gasteiger partial charge in [0.15, 0.2) is 6.61 Å². The van der Waals surface area contributed by atoms with E-state index in [0.29, 0.717) is 11.4 Å². The van der Waals surface area contributed by atoms with E-state index in [9.17, 15) is 9.59 Å². The quantitative estimate of drug-likeness (QED) is 0.468. The second kappa shape index (κ2) is 8.33. The third kappa shape index (κ3) is 4.44. The fraction of sp³-hybridized carbons (Fsp3) is 0.0952. The molecule has 0 unspecified atom stereocenters. The number of thiazole rings is 1. The van der Waals surface area contributed by atoms with Crippen LogP contribution >= 0.6 is 22.7 Å². The Morgan fingerprint density at radius 3 is 2.71 bits per heavy atom. The molecule has 2 aromatic heterocycles. The number of benzene rings is 2. The van der Waals surface area contributed by atoms with E-state index in [-0.39, 0.29) is 18.9 Å². The van der Waals surface area contributed by atoms with Crippen molar-refractivity contribution in [1.82, 2.24) is 4.98 Å². The standard InChI is InChI=1S/C21H16N2O3S2/c24-19(22-17-6-5-14-3-1-2-4-15(14)9-17)11-26-20(25)10-18-13-28-21(23-18)16-7-8-27-12-16/h1-9,12-13H,10-11H2,(H,22,24). The smallest absolute Gasteiger partial charge is 0.312 e. The van der Waals surface area contributed by atoms with E-state index in [1.807, 2.05) is 64.7 Å². The Balaban J connectivity index is 1.28. The summed E-state index contributed by atoms with van der Waals surface area (Å²) in [6.07, 6.45) is 0.0455. The van der Waals surface area contributed by atoms with Crippen LogP contribution in [0, 0.1) is 0 Å². The summed E-state index contributed by atoms with van der Waals surface area (Å²) >= 11 is 3.09. The largest absolute Gasteiger partial charge is 0.455 e. The van der Waals surface area contributed by atoms with Gasteiger partial charge in [0.05, 0.1) is 12.1 Å². The first kappa shape index (κ1) is 18.3. The van der Waals surface area contributed by atoms with E-state index in [1.54, 1.807) is 11.3 Å². The second-order valence-corrected chi connectivity index (χ2v) is 7.74. The van der Waals surface area contributed by atoms with Gasteiger partial charge in [0, 0.05) is 22.0 Å². The molecule has 0 bridgehead atoms. The van der Waals surface area contributed by atoms with Crippen molar-refractivity contribution in [2.45, 2.75) is 6.42 Å². The van der Waals surface area contributed by atoms with Crippen molar-refractivity contribution in [2.75, 3.05) is 11.9 Å². The van der Waals surface area contributed by atoms with Crippen LogP contribution in [0.3, 0.4) is 0 Å². The average Bonchev–Trinajstić information content (AvgIpc) is 3.38. The number of esters is 1. The molecule has 7 heteroatoms. The summed E-state index contributed by atoms with van der Waals surface area (Å²) in [6.45, 7) is -0.326. The number of aromatic nitrogens is 1. The Morgan fingerprint density at radius 2 is 1.89 bits per heavy atom. The average molecular weight is 409 g/mol. The Bertz CT molecular complexity index is 1120. The Labute approximate surface area is 169 Å². The van der Waals surface area contributed by atoms with E-state index in [2.05, 4.69) is 10.3 Å². The number of carbonyl (C=O) groups is 2. The summed E-state index contributed by atoms with van der Waals surface area (Å²) in [4.78, 5) is 28.5. The van der Waals surface area contributed by atoms with Crippen LogP contribution in [0.15, 0.2) is 64.7 Å². The number of nitrogens with one attached hydrogen (secondary N) is 1. The molecule has 2 aromatic carbocycles. The number of rotatable bonds is 6. The molecule has 0 radical (unpaired) electrons. The molecule has 0 aliphatic heterocycles. The first-order chi connectivity index (χ1) is 13.7. The molecule has 0 fully saturated rings. The monoisotopic (exact) mass is 408 g/mol. The number of nitrogens with zero attached hydrogens (tertiary/aromatic N) is 1. The number of hydrogen-bond donors (Lipinski definition) is 1. The van der Waals surface area contributed by atoms with Gasteiger partial charge in [-0.1, -0.05) is 30.3 Å². The van der Waals surface area contributed by atoms with Crippen LogP contribution in [-0.2, 0) is 20.7 Å². The topological polar surface area (TPSA) is 68.3 Å². The fourth-order valence-electron chi connectivity index (χ4n) is 2.72. The lowest BCUT2D eigenvalue weighted by molar-refractivity contribution is -0.146. The van der Waals surface area contributed by atoms with Crippen molar-refractivity contribution >= 4 is 51.0 Å². The third-order valence-corrected chi connectivity index (χ3v) is 5.67. The lowest BCUT2D eigenvalue weighted by Crippen LogP contribution is -2.21. The zero-order valence-electron chi connectivity index (χ0n) is 14.8. The normalized spacial score (nSPS) is 10.7. The van der Waals surface area contributed by atoms with Crippen LogP contribution in [0.4, 0.5) is 5.69 Å². The minimum atomic E-state index is -0.476. The number of anilines is 1. The highest BCUT2D eigenvalue weighted by Gasteiger charge is 2.12. The summed E-state index contributed by atoms with van der Waals surface area (Å²) in [5.74, 6) is -0.850. The minimum absolute atomic E-state index is 0.0455. The molecule has 140 valence electrons. The van der Waals surface area contributed by atoms with Crippen LogP contribution in [0.1, 0.15) is 5.69 Å². The van der Waals surface area contributed by atoms with E-state index in [0.717, 1.165) is 21.3 Å². The van der Waals surface area contributed by atoms with Crippen LogP contribution in [0.2, 0.25) is 0 Å². The number of amides is 1. The predicted octanol–water partition coefficient (Wildman–Crippen LogP) is 4.75. The first-order valence-electron chi connectivity index (χ1n) is 8.58. The van der Waals surface area contributed by atoms with Gasteiger partial charge in [0.1, 0.15) is 5.01 Å². The van der Waals surface area contributed by atoms with Gasteiger partial charge in [-0.3, -0.25) is 9.59 Å². The Hall–Kier alpha value is -3.03. The van der Waals surface area contributed by atoms with Crippen LogP contribution in [0.5, 0.6) is 0 Å². The van der Waals surface area contributed by atoms with Gasteiger partial charge in [-0.2, -0.15) is 11.3 Å². The summed E-state index contributed by atoms with van der Waals surface area (Å²) in [5.41, 5.74) is 2.36. The van der Waals surface area contributed by atoms with E-state index in [1.165, 1.54) is 11.3 Å². The van der Waals surface area contributed by atoms with Crippen molar-refractivity contribution < 1.29 is 14.3 Å². The van der Waals surface area contributed by atoms with Crippen molar-refractivity contribution in [3.05, 3.63) is 70.4 Å². The summed E-state index contributed by atoms with van der Waals surface area (Å²) in [7, 11) is 0. The molecule has 0 saturated heterocycles. The molecule has 1 N–H and O–H groups in total. The summed E-state index contributed by atoms with van der Waals surface area (Å²) in [6, 6.07) is 15.5. The number of thiophene rings is 1. The number of ether oxygens (including phenoxy) is 1. The zero-order chi connectivity index (χ0) is 19.3. The van der Waals surface area contributed by atoms with Crippen molar-refractivity contribution in [3.63, 3.8) is 0 Å². The zero-order valence-corrected chi connectivity index (χ0v) is 16.4. The highest BCUT2D eigenvalue weighted by Crippen LogP contribution is 2.26. The van der Waals surface area contributed by atoms with Gasteiger partial charge in [-0.15, -0.1) is 11.3 Å². The summed E-state index contributed by atoms with van der Waals surface area (Å²) in [5, 5.41) is 11.6. The highest BCUT2D eigenvalue weighted by molar-refractivity contribution is 7.14. The molecule has 0 spiro atoms. The molecule has 0 aliphatic rings. The molecule has 4 rings (SSSR count). The van der Waals surface area contributed by atoms with Crippen molar-refractivity contribution in [2.24, 2.45) is 0 Å². The predicted molar refractivity (Wildman–Crippen MR) is 113 cm³/mol. The molecule has 4 aromatic rings. The number of carbonyl (C=O) groups excluding carboxylic acids is 2. The molecule has 0 atom stereocenters. The van der Waals surface area contributed by atoms with Crippen LogP contribution in [0.25, 0.3) is 21.3 Å². The fourth-order valence-corrected chi connectivity index (χ4v) is 4.25. The van der Waals surface area contributed by atoms with Crippen molar-refractivity contribution in [1.29, 1.82) is 0 Å². The highest BCUT2D eigenvalue weighted by atomic mass is 32.1. The second-order valence-electron chi connectivity index (χ2n) is 6.10. The van der Waals surface area contributed by atoms with Crippen LogP contribution in [-0.4, -0.2) is 23.5 Å². The van der Waals surface area contributed by atoms with E-state index < -0.39 is 5.97 Å². The number of fused-ring (bicyclic) bond motifs is 1. The van der Waals surface area contributed by atoms with E-state index in [4.69, 9.17) is 4.74 Å². The van der Waals surface area contributed by atoms with Crippen molar-refractivity contribution in [3.8, 4) is 10.6 Å². The molecule has 0 aliphatic carbocycles. The molecular formula is C21H16N2O3S2. The van der Waals surface area contributed by atoms with Gasteiger partial charge in [-0.05, 0) is 34.4 Å². The third-order valence-electron chi connectivity index (χ3n) is 4.04. The van der Waals surface area contributed by atoms with Crippen LogP contribution < -0.4 is 5.32 Å². The minimum Gasteiger partial charge on any atom is -0.455 e. The van der Waals surface area contributed by atoms with E-state index >= 15 is 0 Å². The van der Waals surface area contributed by atoms with Gasteiger partial charge in [-0.25, -0.2) is 4.98 Å². The Morgan fingerprint density at radius 1 is 1.04 bits per heavy atom. The molecule has 5 nitrogen and oxygen atoms in total. The van der Waals surface area contributed by atoms with Gasteiger partial charge in [0.2, 0.25) is 0 Å². The lowest BCUT2D eigenvalue weighted by Gasteiger charge is -2.07.